The molecular formula is C32H18O. The predicted octanol–water partition coefficient (Wildman–Crippen LogP) is 9.27. The second kappa shape index (κ2) is 6.11. The minimum Gasteiger partial charge on any atom is -0.456 e. The molecule has 0 saturated heterocycles. The average Bonchev–Trinajstić information content (AvgIpc) is 2.87. The zero-order chi connectivity index (χ0) is 21.5. The summed E-state index contributed by atoms with van der Waals surface area (Å²) >= 11 is 0. The van der Waals surface area contributed by atoms with Gasteiger partial charge in [-0.15, -0.1) is 0 Å². The van der Waals surface area contributed by atoms with Crippen LogP contribution >= 0.6 is 0 Å². The third kappa shape index (κ3) is 2.26. The smallest absolute Gasteiger partial charge is 0.135 e. The van der Waals surface area contributed by atoms with Gasteiger partial charge in [0.25, 0.3) is 0 Å². The maximum Gasteiger partial charge on any atom is 0.135 e. The van der Waals surface area contributed by atoms with Crippen LogP contribution in [0.3, 0.4) is 0 Å². The summed E-state index contributed by atoms with van der Waals surface area (Å²) in [5.41, 5.74) is 0. The van der Waals surface area contributed by atoms with Crippen molar-refractivity contribution >= 4 is 64.6 Å². The Hall–Kier alpha value is -4.36. The van der Waals surface area contributed by atoms with Gasteiger partial charge in [-0.3, -0.25) is 0 Å². The minimum absolute atomic E-state index is 0.904. The number of benzene rings is 8. The van der Waals surface area contributed by atoms with Crippen molar-refractivity contribution in [3.05, 3.63) is 109 Å². The lowest BCUT2D eigenvalue weighted by Crippen LogP contribution is -1.92. The Kier molecular flexibility index (Phi) is 3.19. The van der Waals surface area contributed by atoms with Gasteiger partial charge in [-0.2, -0.15) is 0 Å². The van der Waals surface area contributed by atoms with Gasteiger partial charge in [0, 0.05) is 21.5 Å². The van der Waals surface area contributed by atoms with E-state index in [9.17, 15) is 0 Å². The van der Waals surface area contributed by atoms with Gasteiger partial charge in [-0.05, 0) is 55.2 Å². The summed E-state index contributed by atoms with van der Waals surface area (Å²) in [6, 6.07) is 39.3. The van der Waals surface area contributed by atoms with Gasteiger partial charge in [0.05, 0.1) is 0 Å². The van der Waals surface area contributed by atoms with E-state index in [2.05, 4.69) is 109 Å². The van der Waals surface area contributed by atoms with Crippen LogP contribution in [0, 0.1) is 0 Å². The van der Waals surface area contributed by atoms with Gasteiger partial charge >= 0.3 is 0 Å². The van der Waals surface area contributed by atoms with Crippen LogP contribution < -0.4 is 4.74 Å². The molecule has 8 aromatic rings. The molecule has 0 unspecified atom stereocenters. The van der Waals surface area contributed by atoms with E-state index in [4.69, 9.17) is 4.74 Å². The summed E-state index contributed by atoms with van der Waals surface area (Å²) in [6.45, 7) is 0. The molecule has 0 aliphatic carbocycles. The fourth-order valence-corrected chi connectivity index (χ4v) is 5.74. The second-order valence-corrected chi connectivity index (χ2v) is 8.95. The van der Waals surface area contributed by atoms with Crippen LogP contribution in [0.15, 0.2) is 109 Å². The third-order valence-electron chi connectivity index (χ3n) is 7.16. The number of rotatable bonds is 2. The molecule has 0 aromatic heterocycles. The molecular weight excluding hydrogens is 400 g/mol. The maximum absolute atomic E-state index is 6.81. The minimum atomic E-state index is 0.904. The molecule has 0 aliphatic heterocycles. The van der Waals surface area contributed by atoms with Crippen LogP contribution in [-0.2, 0) is 0 Å². The zero-order valence-corrected chi connectivity index (χ0v) is 17.8. The first-order chi connectivity index (χ1) is 16.3. The standard InChI is InChI=1S/C32H18O/c1-5-19-13-15-21-7-3-11-25-27(17-23(9-1)29(19)31(21)25)33-28-18-24-10-2-6-20-14-16-22-8-4-12-26(28)32(22)30(20)24/h1-18H. The van der Waals surface area contributed by atoms with Crippen LogP contribution in [-0.4, -0.2) is 0 Å². The van der Waals surface area contributed by atoms with Crippen molar-refractivity contribution in [1.29, 1.82) is 0 Å². The van der Waals surface area contributed by atoms with Crippen LogP contribution in [0.4, 0.5) is 0 Å². The van der Waals surface area contributed by atoms with Crippen molar-refractivity contribution in [1.82, 2.24) is 0 Å². The maximum atomic E-state index is 6.81. The quantitative estimate of drug-likeness (QED) is 0.254. The van der Waals surface area contributed by atoms with E-state index in [0.717, 1.165) is 22.3 Å². The first kappa shape index (κ1) is 17.2. The Balaban J connectivity index is 1.47. The molecule has 0 heterocycles. The van der Waals surface area contributed by atoms with Crippen molar-refractivity contribution in [2.24, 2.45) is 0 Å². The Morgan fingerprint density at radius 2 is 0.697 bits per heavy atom. The monoisotopic (exact) mass is 418 g/mol. The average molecular weight is 418 g/mol. The van der Waals surface area contributed by atoms with Crippen molar-refractivity contribution in [3.8, 4) is 11.5 Å². The zero-order valence-electron chi connectivity index (χ0n) is 17.8. The lowest BCUT2D eigenvalue weighted by atomic mass is 9.93. The molecule has 8 rings (SSSR count). The van der Waals surface area contributed by atoms with Gasteiger partial charge < -0.3 is 4.74 Å². The Morgan fingerprint density at radius 3 is 1.15 bits per heavy atom. The van der Waals surface area contributed by atoms with Crippen LogP contribution in [0.5, 0.6) is 11.5 Å². The summed E-state index contributed by atoms with van der Waals surface area (Å²) in [6.07, 6.45) is 0. The molecule has 0 radical (unpaired) electrons. The van der Waals surface area contributed by atoms with Crippen molar-refractivity contribution in [2.45, 2.75) is 0 Å². The highest BCUT2D eigenvalue weighted by Gasteiger charge is 2.16. The molecule has 0 bridgehead atoms. The lowest BCUT2D eigenvalue weighted by molar-refractivity contribution is 0.495. The first-order valence-electron chi connectivity index (χ1n) is 11.4. The van der Waals surface area contributed by atoms with Crippen molar-refractivity contribution in [2.75, 3.05) is 0 Å². The molecule has 0 saturated carbocycles. The molecule has 0 fully saturated rings. The van der Waals surface area contributed by atoms with Gasteiger partial charge in [-0.1, -0.05) is 97.1 Å². The lowest BCUT2D eigenvalue weighted by Gasteiger charge is -2.18. The van der Waals surface area contributed by atoms with Crippen LogP contribution in [0.2, 0.25) is 0 Å². The van der Waals surface area contributed by atoms with E-state index in [-0.39, 0.29) is 0 Å². The number of ether oxygens (including phenoxy) is 1. The molecule has 152 valence electrons. The summed E-state index contributed by atoms with van der Waals surface area (Å²) < 4.78 is 6.81. The summed E-state index contributed by atoms with van der Waals surface area (Å²) in [7, 11) is 0. The van der Waals surface area contributed by atoms with E-state index in [1.165, 1.54) is 53.9 Å². The van der Waals surface area contributed by atoms with Crippen molar-refractivity contribution < 1.29 is 4.74 Å². The summed E-state index contributed by atoms with van der Waals surface area (Å²) in [4.78, 5) is 0. The fraction of sp³-hybridized carbons (Fsp3) is 0. The predicted molar refractivity (Wildman–Crippen MR) is 140 cm³/mol. The van der Waals surface area contributed by atoms with Crippen LogP contribution in [0.1, 0.15) is 0 Å². The normalized spacial score (nSPS) is 12.2. The topological polar surface area (TPSA) is 9.23 Å². The first-order valence-corrected chi connectivity index (χ1v) is 11.4. The van der Waals surface area contributed by atoms with Crippen LogP contribution in [0.25, 0.3) is 64.6 Å². The van der Waals surface area contributed by atoms with E-state index >= 15 is 0 Å². The number of hydrogen-bond acceptors (Lipinski definition) is 1. The van der Waals surface area contributed by atoms with Gasteiger partial charge in [0.2, 0.25) is 0 Å². The molecule has 0 aliphatic rings. The molecule has 0 spiro atoms. The van der Waals surface area contributed by atoms with E-state index in [0.29, 0.717) is 0 Å². The van der Waals surface area contributed by atoms with Gasteiger partial charge in [0.15, 0.2) is 0 Å². The molecule has 33 heavy (non-hydrogen) atoms. The Morgan fingerprint density at radius 1 is 0.333 bits per heavy atom. The summed E-state index contributed by atoms with van der Waals surface area (Å²) in [5.74, 6) is 1.81. The van der Waals surface area contributed by atoms with Crippen molar-refractivity contribution in [3.63, 3.8) is 0 Å². The molecule has 1 heteroatoms. The van der Waals surface area contributed by atoms with Gasteiger partial charge in [-0.25, -0.2) is 0 Å². The highest BCUT2D eigenvalue weighted by atomic mass is 16.5. The molecule has 1 nitrogen and oxygen atoms in total. The largest absolute Gasteiger partial charge is 0.456 e. The van der Waals surface area contributed by atoms with E-state index in [1.807, 2.05) is 0 Å². The number of hydrogen-bond donors (Lipinski definition) is 0. The van der Waals surface area contributed by atoms with Gasteiger partial charge in [0.1, 0.15) is 11.5 Å². The molecule has 0 atom stereocenters. The third-order valence-corrected chi connectivity index (χ3v) is 7.16. The molecule has 0 N–H and O–H groups in total. The Bertz CT molecular complexity index is 1850. The summed E-state index contributed by atoms with van der Waals surface area (Å²) in [5, 5.41) is 14.9. The molecule has 8 aromatic carbocycles. The second-order valence-electron chi connectivity index (χ2n) is 8.95. The highest BCUT2D eigenvalue weighted by Crippen LogP contribution is 2.44. The SMILES string of the molecule is c1cc2ccc3cccc4c(Oc5cc6cccc7ccc8cccc5c8c76)cc(c1)c2c34. The fourth-order valence-electron chi connectivity index (χ4n) is 5.74. The van der Waals surface area contributed by atoms with E-state index in [1.54, 1.807) is 0 Å². The highest BCUT2D eigenvalue weighted by molar-refractivity contribution is 6.26. The Labute approximate surface area is 190 Å². The molecule has 0 amide bonds. The van der Waals surface area contributed by atoms with E-state index < -0.39 is 0 Å².